The number of methoxy groups -OCH3 is 1. The van der Waals surface area contributed by atoms with Gasteiger partial charge in [0.05, 0.1) is 22.5 Å². The molecule has 0 spiro atoms. The Balaban J connectivity index is 2.32. The number of aromatic hydroxyl groups is 1. The summed E-state index contributed by atoms with van der Waals surface area (Å²) in [5, 5.41) is 10.5. The minimum Gasteiger partial charge on any atom is -0.503 e. The van der Waals surface area contributed by atoms with Crippen molar-refractivity contribution in [1.82, 2.24) is 9.97 Å². The molecule has 0 bridgehead atoms. The highest BCUT2D eigenvalue weighted by molar-refractivity contribution is 9.10. The summed E-state index contributed by atoms with van der Waals surface area (Å²) in [6.07, 6.45) is 0. The van der Waals surface area contributed by atoms with Gasteiger partial charge >= 0.3 is 0 Å². The van der Waals surface area contributed by atoms with E-state index in [0.717, 1.165) is 0 Å². The fourth-order valence-electron chi connectivity index (χ4n) is 2.14. The molecule has 5 nitrogen and oxygen atoms in total. The fourth-order valence-corrected chi connectivity index (χ4v) is 2.82. The average molecular weight is 382 g/mol. The quantitative estimate of drug-likeness (QED) is 0.709. The third kappa shape index (κ3) is 2.34. The zero-order valence-corrected chi connectivity index (χ0v) is 13.7. The molecule has 0 aliphatic rings. The lowest BCUT2D eigenvalue weighted by Gasteiger charge is -2.11. The highest BCUT2D eigenvalue weighted by atomic mass is 79.9. The molecule has 0 amide bonds. The number of fused-ring (bicyclic) bond motifs is 1. The molecule has 3 aromatic rings. The summed E-state index contributed by atoms with van der Waals surface area (Å²) in [4.78, 5) is 19.3. The summed E-state index contributed by atoms with van der Waals surface area (Å²) >= 11 is 9.39. The van der Waals surface area contributed by atoms with Gasteiger partial charge in [0.1, 0.15) is 10.8 Å². The zero-order chi connectivity index (χ0) is 15.9. The van der Waals surface area contributed by atoms with Crippen LogP contribution >= 0.6 is 27.5 Å². The molecule has 0 saturated heterocycles. The molecule has 0 unspecified atom stereocenters. The van der Waals surface area contributed by atoms with Crippen LogP contribution in [-0.2, 0) is 0 Å². The summed E-state index contributed by atoms with van der Waals surface area (Å²) < 4.78 is 5.51. The predicted octanol–water partition coefficient (Wildman–Crippen LogP) is 3.72. The van der Waals surface area contributed by atoms with Crippen LogP contribution in [0.15, 0.2) is 39.6 Å². The number of para-hydroxylation sites is 1. The second kappa shape index (κ2) is 5.62. The number of nitrogens with one attached hydrogen (secondary N) is 1. The number of halogens is 2. The molecular formula is C15H10BrClN2O3. The highest BCUT2D eigenvalue weighted by Crippen LogP contribution is 2.44. The molecule has 0 fully saturated rings. The van der Waals surface area contributed by atoms with Gasteiger partial charge in [0, 0.05) is 5.56 Å². The van der Waals surface area contributed by atoms with Crippen molar-refractivity contribution < 1.29 is 9.84 Å². The van der Waals surface area contributed by atoms with E-state index >= 15 is 0 Å². The Bertz CT molecular complexity index is 940. The minimum atomic E-state index is -0.254. The first kappa shape index (κ1) is 14.9. The van der Waals surface area contributed by atoms with Gasteiger partial charge in [-0.1, -0.05) is 23.7 Å². The van der Waals surface area contributed by atoms with Crippen LogP contribution in [0.25, 0.3) is 22.3 Å². The zero-order valence-electron chi connectivity index (χ0n) is 11.4. The van der Waals surface area contributed by atoms with Crippen molar-refractivity contribution in [2.45, 2.75) is 0 Å². The van der Waals surface area contributed by atoms with Gasteiger partial charge in [-0.3, -0.25) is 4.79 Å². The van der Waals surface area contributed by atoms with Gasteiger partial charge in [0.25, 0.3) is 5.56 Å². The monoisotopic (exact) mass is 380 g/mol. The van der Waals surface area contributed by atoms with Gasteiger partial charge in [-0.15, -0.1) is 0 Å². The normalized spacial score (nSPS) is 10.9. The van der Waals surface area contributed by atoms with Gasteiger partial charge in [-0.25, -0.2) is 4.98 Å². The second-order valence-electron chi connectivity index (χ2n) is 4.53. The van der Waals surface area contributed by atoms with Gasteiger partial charge in [0.2, 0.25) is 0 Å². The lowest BCUT2D eigenvalue weighted by atomic mass is 10.1. The van der Waals surface area contributed by atoms with Gasteiger partial charge in [-0.2, -0.15) is 0 Å². The number of aromatic nitrogens is 2. The number of hydrogen-bond donors (Lipinski definition) is 2. The van der Waals surface area contributed by atoms with Crippen molar-refractivity contribution in [3.8, 4) is 22.9 Å². The highest BCUT2D eigenvalue weighted by Gasteiger charge is 2.18. The third-order valence-corrected chi connectivity index (χ3v) is 4.65. The molecule has 0 radical (unpaired) electrons. The van der Waals surface area contributed by atoms with E-state index in [0.29, 0.717) is 26.8 Å². The number of hydrogen-bond acceptors (Lipinski definition) is 4. The topological polar surface area (TPSA) is 75.2 Å². The Morgan fingerprint density at radius 2 is 2.09 bits per heavy atom. The van der Waals surface area contributed by atoms with E-state index in [1.807, 2.05) is 0 Å². The van der Waals surface area contributed by atoms with Gasteiger partial charge in [0.15, 0.2) is 11.5 Å². The molecule has 0 saturated carbocycles. The number of benzene rings is 2. The largest absolute Gasteiger partial charge is 0.503 e. The number of ether oxygens (including phenoxy) is 1. The molecule has 7 heteroatoms. The van der Waals surface area contributed by atoms with E-state index in [4.69, 9.17) is 16.3 Å². The predicted molar refractivity (Wildman–Crippen MR) is 88.7 cm³/mol. The van der Waals surface area contributed by atoms with Crippen molar-refractivity contribution in [3.05, 3.63) is 50.2 Å². The van der Waals surface area contributed by atoms with Crippen LogP contribution in [0.5, 0.6) is 11.5 Å². The smallest absolute Gasteiger partial charge is 0.259 e. The van der Waals surface area contributed by atoms with E-state index in [2.05, 4.69) is 25.9 Å². The van der Waals surface area contributed by atoms with Gasteiger partial charge in [-0.05, 0) is 34.1 Å². The second-order valence-corrected chi connectivity index (χ2v) is 5.71. The number of nitrogens with zero attached hydrogens (tertiary/aromatic N) is 1. The number of aromatic amines is 1. The Kier molecular flexibility index (Phi) is 3.80. The molecule has 22 heavy (non-hydrogen) atoms. The fraction of sp³-hybridized carbons (Fsp3) is 0.0667. The van der Waals surface area contributed by atoms with E-state index in [1.54, 1.807) is 30.3 Å². The van der Waals surface area contributed by atoms with Crippen LogP contribution in [0.4, 0.5) is 0 Å². The van der Waals surface area contributed by atoms with Crippen LogP contribution in [0, 0.1) is 0 Å². The lowest BCUT2D eigenvalue weighted by Crippen LogP contribution is -2.09. The summed E-state index contributed by atoms with van der Waals surface area (Å²) in [7, 11) is 1.42. The van der Waals surface area contributed by atoms with Crippen molar-refractivity contribution >= 4 is 38.4 Å². The number of H-pyrrole nitrogens is 1. The summed E-state index contributed by atoms with van der Waals surface area (Å²) in [6, 6.07) is 8.58. The third-order valence-electron chi connectivity index (χ3n) is 3.23. The van der Waals surface area contributed by atoms with E-state index in [9.17, 15) is 9.90 Å². The first-order valence-electron chi connectivity index (χ1n) is 6.27. The molecule has 0 aliphatic heterocycles. The van der Waals surface area contributed by atoms with Crippen molar-refractivity contribution in [1.29, 1.82) is 0 Å². The first-order chi connectivity index (χ1) is 10.5. The molecule has 0 aliphatic carbocycles. The number of phenols is 1. The van der Waals surface area contributed by atoms with Crippen molar-refractivity contribution in [3.63, 3.8) is 0 Å². The van der Waals surface area contributed by atoms with E-state index in [1.165, 1.54) is 7.11 Å². The SMILES string of the molecule is COc1cc(-c2nc3ccccc3c(=O)[nH]2)c(Br)c(Cl)c1O. The van der Waals surface area contributed by atoms with Crippen LogP contribution in [0.2, 0.25) is 5.02 Å². The van der Waals surface area contributed by atoms with Crippen LogP contribution in [-0.4, -0.2) is 22.2 Å². The van der Waals surface area contributed by atoms with Gasteiger partial charge < -0.3 is 14.8 Å². The number of rotatable bonds is 2. The molecule has 1 aromatic heterocycles. The Morgan fingerprint density at radius 1 is 1.36 bits per heavy atom. The first-order valence-corrected chi connectivity index (χ1v) is 7.44. The van der Waals surface area contributed by atoms with Crippen LogP contribution < -0.4 is 10.3 Å². The maximum atomic E-state index is 12.2. The number of phenolic OH excluding ortho intramolecular Hbond substituents is 1. The minimum absolute atomic E-state index is 0.0881. The average Bonchev–Trinajstić information content (AvgIpc) is 2.53. The van der Waals surface area contributed by atoms with E-state index in [-0.39, 0.29) is 22.1 Å². The lowest BCUT2D eigenvalue weighted by molar-refractivity contribution is 0.373. The van der Waals surface area contributed by atoms with E-state index < -0.39 is 0 Å². The molecule has 2 N–H and O–H groups in total. The van der Waals surface area contributed by atoms with Crippen LogP contribution in [0.1, 0.15) is 0 Å². The maximum absolute atomic E-state index is 12.2. The summed E-state index contributed by atoms with van der Waals surface area (Å²) in [6.45, 7) is 0. The maximum Gasteiger partial charge on any atom is 0.259 e. The molecule has 1 heterocycles. The Labute approximate surface area is 138 Å². The molecule has 2 aromatic carbocycles. The Morgan fingerprint density at radius 3 is 2.82 bits per heavy atom. The molecule has 112 valence electrons. The standard InChI is InChI=1S/C15H10BrClN2O3/c1-22-10-6-8(11(16)12(17)13(10)20)14-18-9-5-3-2-4-7(9)15(21)19-14/h2-6,20H,1H3,(H,18,19,21). The van der Waals surface area contributed by atoms with Crippen LogP contribution in [0.3, 0.4) is 0 Å². The van der Waals surface area contributed by atoms with Crippen molar-refractivity contribution in [2.24, 2.45) is 0 Å². The summed E-state index contributed by atoms with van der Waals surface area (Å²) in [5.41, 5.74) is 0.828. The Hall–Kier alpha value is -2.05. The molecule has 3 rings (SSSR count). The molecular weight excluding hydrogens is 372 g/mol. The summed E-state index contributed by atoms with van der Waals surface area (Å²) in [5.74, 6) is 0.345. The molecule has 0 atom stereocenters. The van der Waals surface area contributed by atoms with Crippen molar-refractivity contribution in [2.75, 3.05) is 7.11 Å².